The maximum Gasteiger partial charge on any atom is 0.253 e. The van der Waals surface area contributed by atoms with Crippen LogP contribution < -0.4 is 78.6 Å². The molecule has 100 heavy (non-hydrogen) atoms. The van der Waals surface area contributed by atoms with E-state index in [9.17, 15) is 0 Å². The molecule has 0 saturated carbocycles. The molecule has 23 rings (SSSR count). The van der Waals surface area contributed by atoms with Gasteiger partial charge in [-0.25, -0.2) is 0 Å². The molecule has 460 valence electrons. The van der Waals surface area contributed by atoms with E-state index < -0.39 is 0 Å². The lowest BCUT2D eigenvalue weighted by Gasteiger charge is -2.44. The van der Waals surface area contributed by atoms with Crippen LogP contribution in [0.3, 0.4) is 0 Å². The highest BCUT2D eigenvalue weighted by molar-refractivity contribution is 7.03. The van der Waals surface area contributed by atoms with Gasteiger partial charge < -0.3 is 33.8 Å². The van der Waals surface area contributed by atoms with E-state index in [1.54, 1.807) is 0 Å². The molecule has 15 aromatic carbocycles. The van der Waals surface area contributed by atoms with Gasteiger partial charge in [0.2, 0.25) is 0 Å². The Morgan fingerprint density at radius 2 is 0.530 bits per heavy atom. The zero-order valence-electron chi connectivity index (χ0n) is 54.2. The highest BCUT2D eigenvalue weighted by Gasteiger charge is 2.50. The smallest absolute Gasteiger partial charge is 0.253 e. The predicted octanol–water partition coefficient (Wildman–Crippen LogP) is 17.1. The first kappa shape index (κ1) is 54.2. The highest BCUT2D eigenvalue weighted by atomic mass is 15.2. The summed E-state index contributed by atoms with van der Waals surface area (Å²) in [6.07, 6.45) is 0. The second-order valence-electron chi connectivity index (χ2n) is 27.4. The second kappa shape index (κ2) is 20.3. The summed E-state index contributed by atoms with van der Waals surface area (Å²) in [7, 11) is 0. The van der Waals surface area contributed by atoms with Crippen LogP contribution in [-0.4, -0.2) is 24.5 Å². The molecule has 6 aliphatic heterocycles. The zero-order valence-corrected chi connectivity index (χ0v) is 54.2. The number of hydrogen-bond acceptors (Lipinski definition) is 6. The van der Waals surface area contributed by atoms with Crippen LogP contribution in [0.2, 0.25) is 0 Å². The van der Waals surface area contributed by atoms with Crippen LogP contribution in [0, 0.1) is 0 Å². The van der Waals surface area contributed by atoms with Crippen LogP contribution in [0.1, 0.15) is 0 Å². The fourth-order valence-corrected chi connectivity index (χ4v) is 18.9. The van der Waals surface area contributed by atoms with Gasteiger partial charge in [-0.1, -0.05) is 200 Å². The summed E-state index contributed by atoms with van der Waals surface area (Å²) in [5, 5.41) is 4.93. The average Bonchev–Trinajstić information content (AvgIpc) is 1.45. The number of para-hydroxylation sites is 9. The third-order valence-electron chi connectivity index (χ3n) is 22.6. The molecule has 8 heterocycles. The minimum absolute atomic E-state index is 0.0986. The number of rotatable bonds is 6. The SMILES string of the molecule is c1ccc(N2c3ccccc3B3c4cc5c6c7c(cc8c9ccc%10c(c9n(c5cc4N(c4ccccc4)c4cccc2c43)c86)N(c2ccccc2)c2cccc3c2B%10c2ccccc2N3c2ccccc2)N(c2ccccc2)c2cccc3c2B7c2ccccc2N3c2ccccc2)cc1. The summed E-state index contributed by atoms with van der Waals surface area (Å²) in [6, 6.07) is 128. The summed E-state index contributed by atoms with van der Waals surface area (Å²) >= 11 is 0. The Morgan fingerprint density at radius 3 is 0.970 bits per heavy atom. The molecule has 0 atom stereocenters. The molecular weight excluding hydrogens is 1210 g/mol. The van der Waals surface area contributed by atoms with Crippen molar-refractivity contribution >= 4 is 210 Å². The summed E-state index contributed by atoms with van der Waals surface area (Å²) in [5.74, 6) is 0. The van der Waals surface area contributed by atoms with Crippen LogP contribution in [0.4, 0.5) is 102 Å². The van der Waals surface area contributed by atoms with Crippen LogP contribution in [0.5, 0.6) is 0 Å². The van der Waals surface area contributed by atoms with Crippen molar-refractivity contribution in [1.82, 2.24) is 4.40 Å². The third-order valence-corrected chi connectivity index (χ3v) is 22.6. The third kappa shape index (κ3) is 7.10. The summed E-state index contributed by atoms with van der Waals surface area (Å²) in [6.45, 7) is -0.385. The average molecular weight is 1270 g/mol. The molecule has 0 spiro atoms. The molecule has 6 aliphatic rings. The van der Waals surface area contributed by atoms with E-state index >= 15 is 0 Å². The maximum atomic E-state index is 2.75. The Hall–Kier alpha value is -12.9. The minimum atomic E-state index is -0.167. The Morgan fingerprint density at radius 1 is 0.190 bits per heavy atom. The van der Waals surface area contributed by atoms with E-state index in [1.165, 1.54) is 156 Å². The largest absolute Gasteiger partial charge is 0.311 e. The van der Waals surface area contributed by atoms with Crippen molar-refractivity contribution in [3.63, 3.8) is 0 Å². The number of nitrogens with zero attached hydrogens (tertiary/aromatic N) is 7. The number of fused-ring (bicyclic) bond motifs is 20. The Labute approximate surface area is 579 Å². The first-order chi connectivity index (χ1) is 49.7. The second-order valence-corrected chi connectivity index (χ2v) is 27.4. The van der Waals surface area contributed by atoms with Gasteiger partial charge in [0.05, 0.1) is 22.2 Å². The predicted molar refractivity (Wildman–Crippen MR) is 423 cm³/mol. The molecule has 0 aliphatic carbocycles. The summed E-state index contributed by atoms with van der Waals surface area (Å²) < 4.78 is 2.75. The summed E-state index contributed by atoms with van der Waals surface area (Å²) in [4.78, 5) is 15.3. The molecule has 0 fully saturated rings. The molecule has 0 bridgehead atoms. The minimum Gasteiger partial charge on any atom is -0.311 e. The monoisotopic (exact) mass is 1270 g/mol. The standard InChI is InChI=1S/C90H56B3N7/c1-7-28-57(29-8-1)94-71-43-22-19-40-66(71)91-69-53-52-63-64-55-82-87(93-68-42-21-24-45-73(68)96(59-32-11-3-12-33-59)77-49-26-50-78(86(77)93)98(82)61-36-15-5-16-37-61)83-65-54-70-81(56-80(65)100(88(64)83)89(63)90(69)99(62-38-17-6-18-39-62)79-51-27-47-75(94)85(79)91)97(60-34-13-4-14-35-60)76-48-25-46-74-84(76)92(70)67-41-20-23-44-72(67)95(74)58-30-9-2-10-31-58/h1-56H. The number of anilines is 18. The lowest BCUT2D eigenvalue weighted by molar-refractivity contribution is 1.24. The Balaban J connectivity index is 0.909. The lowest BCUT2D eigenvalue weighted by Crippen LogP contribution is -2.61. The van der Waals surface area contributed by atoms with Gasteiger partial charge in [0.1, 0.15) is 0 Å². The molecule has 0 unspecified atom stereocenters. The van der Waals surface area contributed by atoms with Gasteiger partial charge in [0, 0.05) is 118 Å². The van der Waals surface area contributed by atoms with Crippen LogP contribution in [0.25, 0.3) is 38.1 Å². The van der Waals surface area contributed by atoms with E-state index in [0.717, 1.165) is 34.1 Å². The van der Waals surface area contributed by atoms with Gasteiger partial charge in [-0.2, -0.15) is 0 Å². The van der Waals surface area contributed by atoms with Crippen LogP contribution in [-0.2, 0) is 0 Å². The first-order valence-corrected chi connectivity index (χ1v) is 34.9. The molecule has 17 aromatic rings. The number of hydrogen-bond donors (Lipinski definition) is 0. The normalized spacial score (nSPS) is 14.0. The lowest BCUT2D eigenvalue weighted by atomic mass is 9.32. The Bertz CT molecular complexity index is 6290. The van der Waals surface area contributed by atoms with Crippen LogP contribution in [0.15, 0.2) is 340 Å². The van der Waals surface area contributed by atoms with Gasteiger partial charge in [0.15, 0.2) is 0 Å². The van der Waals surface area contributed by atoms with E-state index in [1.807, 2.05) is 0 Å². The molecule has 7 nitrogen and oxygen atoms in total. The van der Waals surface area contributed by atoms with E-state index in [0.29, 0.717) is 0 Å². The van der Waals surface area contributed by atoms with E-state index in [-0.39, 0.29) is 20.1 Å². The zero-order chi connectivity index (χ0) is 65.0. The molecule has 10 heteroatoms. The fourth-order valence-electron chi connectivity index (χ4n) is 18.9. The highest BCUT2D eigenvalue weighted by Crippen LogP contribution is 2.54. The number of aromatic nitrogens is 1. The molecule has 2 aromatic heterocycles. The van der Waals surface area contributed by atoms with Crippen molar-refractivity contribution in [2.45, 2.75) is 0 Å². The van der Waals surface area contributed by atoms with Crippen molar-refractivity contribution in [2.75, 3.05) is 29.4 Å². The van der Waals surface area contributed by atoms with Gasteiger partial charge in [0.25, 0.3) is 20.1 Å². The van der Waals surface area contributed by atoms with Crippen molar-refractivity contribution in [3.05, 3.63) is 340 Å². The maximum absolute atomic E-state index is 2.75. The Kier molecular flexibility index (Phi) is 11.0. The first-order valence-electron chi connectivity index (χ1n) is 34.9. The van der Waals surface area contributed by atoms with Gasteiger partial charge in [-0.3, -0.25) is 0 Å². The van der Waals surface area contributed by atoms with Gasteiger partial charge >= 0.3 is 0 Å². The van der Waals surface area contributed by atoms with Gasteiger partial charge in [-0.15, -0.1) is 0 Å². The topological polar surface area (TPSA) is 23.9 Å². The van der Waals surface area contributed by atoms with Crippen LogP contribution >= 0.6 is 0 Å². The quantitative estimate of drug-likeness (QED) is 0.154. The van der Waals surface area contributed by atoms with Crippen molar-refractivity contribution in [3.8, 4) is 0 Å². The van der Waals surface area contributed by atoms with E-state index in [4.69, 9.17) is 0 Å². The molecule has 0 radical (unpaired) electrons. The molecule has 0 saturated heterocycles. The van der Waals surface area contributed by atoms with Gasteiger partial charge in [-0.05, 0) is 189 Å². The van der Waals surface area contributed by atoms with Crippen molar-refractivity contribution in [1.29, 1.82) is 0 Å². The van der Waals surface area contributed by atoms with Crippen molar-refractivity contribution < 1.29 is 0 Å². The number of benzene rings is 15. The molecule has 0 N–H and O–H groups in total. The summed E-state index contributed by atoms with van der Waals surface area (Å²) in [5.41, 5.74) is 36.1. The van der Waals surface area contributed by atoms with E-state index in [2.05, 4.69) is 374 Å². The molecule has 0 amide bonds. The van der Waals surface area contributed by atoms with Crippen molar-refractivity contribution in [2.24, 2.45) is 0 Å². The molecular formula is C90H56B3N7. The fraction of sp³-hybridized carbons (Fsp3) is 0.